The van der Waals surface area contributed by atoms with Gasteiger partial charge < -0.3 is 4.52 Å². The minimum Gasteiger partial charge on any atom is -0.339 e. The fourth-order valence-electron chi connectivity index (χ4n) is 2.75. The van der Waals surface area contributed by atoms with Gasteiger partial charge in [-0.25, -0.2) is 8.42 Å². The van der Waals surface area contributed by atoms with Crippen molar-refractivity contribution < 1.29 is 12.9 Å². The molecule has 2 aromatic rings. The molecule has 120 valence electrons. The first kappa shape index (κ1) is 15.6. The molecule has 3 rings (SSSR count). The summed E-state index contributed by atoms with van der Waals surface area (Å²) in [5, 5.41) is 12.9. The normalized spacial score (nSPS) is 17.0. The quantitative estimate of drug-likeness (QED) is 0.850. The lowest BCUT2D eigenvalue weighted by Gasteiger charge is -2.29. The molecule has 0 unspecified atom stereocenters. The first-order chi connectivity index (χ1) is 11.0. The summed E-state index contributed by atoms with van der Waals surface area (Å²) < 4.78 is 32.1. The highest BCUT2D eigenvalue weighted by Crippen LogP contribution is 2.30. The second-order valence-electron chi connectivity index (χ2n) is 5.47. The summed E-state index contributed by atoms with van der Waals surface area (Å²) in [6.07, 6.45) is 1.24. The van der Waals surface area contributed by atoms with Gasteiger partial charge in [0.05, 0.1) is 10.5 Å². The van der Waals surface area contributed by atoms with Crippen LogP contribution >= 0.6 is 0 Å². The molecule has 0 radical (unpaired) electrons. The van der Waals surface area contributed by atoms with E-state index >= 15 is 0 Å². The Hall–Kier alpha value is -2.24. The lowest BCUT2D eigenvalue weighted by Crippen LogP contribution is -2.38. The van der Waals surface area contributed by atoms with E-state index in [1.54, 1.807) is 19.1 Å². The number of nitrogens with zero attached hydrogens (tertiary/aromatic N) is 4. The predicted molar refractivity (Wildman–Crippen MR) is 80.9 cm³/mol. The second kappa shape index (κ2) is 6.10. The summed E-state index contributed by atoms with van der Waals surface area (Å²) in [5.41, 5.74) is 0.169. The summed E-state index contributed by atoms with van der Waals surface area (Å²) in [6.45, 7) is 2.49. The highest BCUT2D eigenvalue weighted by Gasteiger charge is 2.33. The van der Waals surface area contributed by atoms with Gasteiger partial charge in [0.1, 0.15) is 6.07 Å². The summed E-state index contributed by atoms with van der Waals surface area (Å²) >= 11 is 0. The minimum absolute atomic E-state index is 0.0644. The van der Waals surface area contributed by atoms with Crippen LogP contribution in [0.5, 0.6) is 0 Å². The van der Waals surface area contributed by atoms with Gasteiger partial charge in [0.25, 0.3) is 0 Å². The third kappa shape index (κ3) is 2.98. The Morgan fingerprint density at radius 1 is 1.30 bits per heavy atom. The van der Waals surface area contributed by atoms with Crippen molar-refractivity contribution in [3.8, 4) is 6.07 Å². The largest absolute Gasteiger partial charge is 0.339 e. The maximum atomic E-state index is 12.7. The molecule has 0 aliphatic carbocycles. The molecule has 0 bridgehead atoms. The smallest absolute Gasteiger partial charge is 0.244 e. The maximum absolute atomic E-state index is 12.7. The van der Waals surface area contributed by atoms with Crippen LogP contribution in [-0.4, -0.2) is 36.0 Å². The summed E-state index contributed by atoms with van der Waals surface area (Å²) in [5.74, 6) is 1.23. The number of benzene rings is 1. The Kier molecular flexibility index (Phi) is 4.15. The van der Waals surface area contributed by atoms with Crippen molar-refractivity contribution in [2.24, 2.45) is 0 Å². The van der Waals surface area contributed by atoms with E-state index < -0.39 is 10.0 Å². The van der Waals surface area contributed by atoms with Crippen molar-refractivity contribution in [2.45, 2.75) is 30.6 Å². The summed E-state index contributed by atoms with van der Waals surface area (Å²) in [4.78, 5) is 4.28. The second-order valence-corrected chi connectivity index (χ2v) is 7.37. The van der Waals surface area contributed by atoms with E-state index in [1.165, 1.54) is 16.4 Å². The van der Waals surface area contributed by atoms with Crippen LogP contribution < -0.4 is 0 Å². The van der Waals surface area contributed by atoms with Crippen molar-refractivity contribution in [1.29, 1.82) is 5.26 Å². The standard InChI is InChI=1S/C15H16N4O3S/c1-11-17-15(22-18-11)12-6-8-19(9-7-12)23(20,21)14-5-3-2-4-13(14)10-16/h2-5,12H,6-9H2,1H3. The zero-order chi connectivity index (χ0) is 16.4. The minimum atomic E-state index is -3.66. The van der Waals surface area contributed by atoms with E-state index in [0.717, 1.165) is 0 Å². The van der Waals surface area contributed by atoms with Crippen molar-refractivity contribution in [3.63, 3.8) is 0 Å². The lowest BCUT2D eigenvalue weighted by atomic mass is 9.98. The molecule has 0 amide bonds. The molecule has 1 aromatic heterocycles. The molecule has 23 heavy (non-hydrogen) atoms. The zero-order valence-electron chi connectivity index (χ0n) is 12.6. The lowest BCUT2D eigenvalue weighted by molar-refractivity contribution is 0.270. The van der Waals surface area contributed by atoms with Gasteiger partial charge in [0.15, 0.2) is 5.82 Å². The van der Waals surface area contributed by atoms with Crippen molar-refractivity contribution in [3.05, 3.63) is 41.5 Å². The van der Waals surface area contributed by atoms with Gasteiger partial charge in [-0.3, -0.25) is 0 Å². The molecule has 0 spiro atoms. The van der Waals surface area contributed by atoms with Crippen LogP contribution in [0.3, 0.4) is 0 Å². The van der Waals surface area contributed by atoms with E-state index in [-0.39, 0.29) is 16.4 Å². The fraction of sp³-hybridized carbons (Fsp3) is 0.400. The van der Waals surface area contributed by atoms with Gasteiger partial charge in [0, 0.05) is 19.0 Å². The van der Waals surface area contributed by atoms with Gasteiger partial charge in [0.2, 0.25) is 15.9 Å². The molecule has 1 saturated heterocycles. The van der Waals surface area contributed by atoms with Crippen molar-refractivity contribution >= 4 is 10.0 Å². The van der Waals surface area contributed by atoms with Gasteiger partial charge in [-0.15, -0.1) is 0 Å². The number of aromatic nitrogens is 2. The summed E-state index contributed by atoms with van der Waals surface area (Å²) in [6, 6.07) is 8.21. The highest BCUT2D eigenvalue weighted by atomic mass is 32.2. The Labute approximate surface area is 134 Å². The average Bonchev–Trinajstić information content (AvgIpc) is 3.01. The molecule has 1 aliphatic rings. The molecule has 0 atom stereocenters. The van der Waals surface area contributed by atoms with Crippen molar-refractivity contribution in [2.75, 3.05) is 13.1 Å². The highest BCUT2D eigenvalue weighted by molar-refractivity contribution is 7.89. The topological polar surface area (TPSA) is 100 Å². The molecule has 0 N–H and O–H groups in total. The predicted octanol–water partition coefficient (Wildman–Crippen LogP) is 1.82. The number of rotatable bonds is 3. The van der Waals surface area contributed by atoms with Gasteiger partial charge in [-0.1, -0.05) is 17.3 Å². The molecule has 0 saturated carbocycles. The fourth-order valence-corrected chi connectivity index (χ4v) is 4.36. The number of piperidine rings is 1. The van der Waals surface area contributed by atoms with E-state index in [0.29, 0.717) is 37.6 Å². The van der Waals surface area contributed by atoms with Crippen LogP contribution in [-0.2, 0) is 10.0 Å². The molecule has 1 fully saturated rings. The van der Waals surface area contributed by atoms with Crippen molar-refractivity contribution in [1.82, 2.24) is 14.4 Å². The number of hydrogen-bond donors (Lipinski definition) is 0. The van der Waals surface area contributed by atoms with Crippen LogP contribution in [0.4, 0.5) is 0 Å². The Morgan fingerprint density at radius 3 is 2.61 bits per heavy atom. The van der Waals surface area contributed by atoms with Gasteiger partial charge >= 0.3 is 0 Å². The van der Waals surface area contributed by atoms with Crippen LogP contribution in [0.2, 0.25) is 0 Å². The molecule has 8 heteroatoms. The van der Waals surface area contributed by atoms with Gasteiger partial charge in [-0.05, 0) is 31.9 Å². The molecule has 7 nitrogen and oxygen atoms in total. The Bertz CT molecular complexity index is 846. The average molecular weight is 332 g/mol. The summed E-state index contributed by atoms with van der Waals surface area (Å²) in [7, 11) is -3.66. The van der Waals surface area contributed by atoms with E-state index in [1.807, 2.05) is 6.07 Å². The first-order valence-corrected chi connectivity index (χ1v) is 8.76. The third-order valence-electron chi connectivity index (χ3n) is 3.97. The number of nitriles is 1. The number of sulfonamides is 1. The van der Waals surface area contributed by atoms with Gasteiger partial charge in [-0.2, -0.15) is 14.6 Å². The monoisotopic (exact) mass is 332 g/mol. The number of aryl methyl sites for hydroxylation is 1. The number of hydrogen-bond acceptors (Lipinski definition) is 6. The van der Waals surface area contributed by atoms with Crippen LogP contribution in [0.1, 0.15) is 36.0 Å². The van der Waals surface area contributed by atoms with E-state index in [9.17, 15) is 8.42 Å². The molecule has 2 heterocycles. The van der Waals surface area contributed by atoms with E-state index in [4.69, 9.17) is 9.78 Å². The third-order valence-corrected chi connectivity index (χ3v) is 5.93. The zero-order valence-corrected chi connectivity index (χ0v) is 13.5. The van der Waals surface area contributed by atoms with Crippen LogP contribution in [0.15, 0.2) is 33.7 Å². The molecule has 1 aromatic carbocycles. The maximum Gasteiger partial charge on any atom is 0.244 e. The molecular weight excluding hydrogens is 316 g/mol. The Morgan fingerprint density at radius 2 is 2.00 bits per heavy atom. The molecular formula is C15H16N4O3S. The molecule has 1 aliphatic heterocycles. The van der Waals surface area contributed by atoms with Crippen LogP contribution in [0.25, 0.3) is 0 Å². The first-order valence-electron chi connectivity index (χ1n) is 7.32. The van der Waals surface area contributed by atoms with E-state index in [2.05, 4.69) is 10.1 Å². The Balaban J connectivity index is 1.78. The van der Waals surface area contributed by atoms with Crippen LogP contribution in [0, 0.1) is 18.3 Å². The SMILES string of the molecule is Cc1noc(C2CCN(S(=O)(=O)c3ccccc3C#N)CC2)n1.